The van der Waals surface area contributed by atoms with E-state index in [1.165, 1.54) is 11.8 Å². The molecule has 1 saturated heterocycles. The van der Waals surface area contributed by atoms with Crippen LogP contribution in [0.4, 0.5) is 4.79 Å². The number of nitrogens with zero attached hydrogens (tertiary/aromatic N) is 4. The maximum atomic E-state index is 13.2. The van der Waals surface area contributed by atoms with Gasteiger partial charge in [0.25, 0.3) is 0 Å². The summed E-state index contributed by atoms with van der Waals surface area (Å²) in [6, 6.07) is 3.16. The molecule has 1 unspecified atom stereocenters. The number of aliphatic imine (C=N–C) groups is 1. The first-order valence-corrected chi connectivity index (χ1v) is 13.6. The van der Waals surface area contributed by atoms with Crippen molar-refractivity contribution in [3.05, 3.63) is 47.4 Å². The van der Waals surface area contributed by atoms with Crippen LogP contribution in [-0.2, 0) is 15.9 Å². The Morgan fingerprint density at radius 2 is 2.00 bits per heavy atom. The van der Waals surface area contributed by atoms with Crippen molar-refractivity contribution in [1.29, 1.82) is 0 Å². The normalized spacial score (nSPS) is 20.2. The zero-order valence-electron chi connectivity index (χ0n) is 19.5. The topological polar surface area (TPSA) is 115 Å². The van der Waals surface area contributed by atoms with E-state index in [1.807, 2.05) is 19.2 Å². The number of hydrogen-bond acceptors (Lipinski definition) is 5. The molecule has 0 spiro atoms. The molecule has 0 aromatic carbocycles. The monoisotopic (exact) mass is 485 g/mol. The van der Waals surface area contributed by atoms with Crippen LogP contribution in [0.5, 0.6) is 0 Å². The predicted octanol–water partition coefficient (Wildman–Crippen LogP) is 2.58. The Labute approximate surface area is 200 Å². The van der Waals surface area contributed by atoms with Crippen molar-refractivity contribution < 1.29 is 19.0 Å². The van der Waals surface area contributed by atoms with Crippen molar-refractivity contribution >= 4 is 30.8 Å². The van der Waals surface area contributed by atoms with Crippen LogP contribution in [-0.4, -0.2) is 69.7 Å². The summed E-state index contributed by atoms with van der Waals surface area (Å²) < 4.78 is 13.2. The molecule has 3 aliphatic rings. The lowest BCUT2D eigenvalue weighted by molar-refractivity contribution is -0.132. The Balaban J connectivity index is 1.28. The number of pyridine rings is 1. The number of rotatable bonds is 6. The van der Waals surface area contributed by atoms with E-state index in [0.29, 0.717) is 56.4 Å². The number of piperidine rings is 1. The molecule has 3 aliphatic heterocycles. The minimum Gasteiger partial charge on any atom is -0.343 e. The molecule has 1 fully saturated rings. The molecule has 4 heterocycles. The molecule has 9 nitrogen and oxygen atoms in total. The molecule has 0 bridgehead atoms. The van der Waals surface area contributed by atoms with E-state index in [1.54, 1.807) is 28.1 Å². The first-order valence-electron chi connectivity index (χ1n) is 11.9. The fourth-order valence-electron chi connectivity index (χ4n) is 4.61. The van der Waals surface area contributed by atoms with Crippen molar-refractivity contribution in [1.82, 2.24) is 20.1 Å². The Morgan fingerprint density at radius 3 is 2.71 bits per heavy atom. The third-order valence-electron chi connectivity index (χ3n) is 6.66. The summed E-state index contributed by atoms with van der Waals surface area (Å²) in [6.45, 7) is 4.39. The Kier molecular flexibility index (Phi) is 7.63. The molecule has 34 heavy (non-hydrogen) atoms. The minimum absolute atomic E-state index is 0.118. The van der Waals surface area contributed by atoms with Crippen LogP contribution in [0.2, 0.25) is 0 Å². The first-order chi connectivity index (χ1) is 16.4. The van der Waals surface area contributed by atoms with Crippen LogP contribution in [0.15, 0.2) is 46.7 Å². The standard InChI is InChI=1S/C24H32N5O4P/c1-2-3-23(30)28-12-8-21(9-13-28)34(32,33)22-5-4-20(26-15-22)14-27-24(31)29-16-18-6-10-25-11-7-19(18)17-29/h4-6,10-11,15,21H,2-3,7-9,12-14,16-17H2,1H3,(H,27,31)(H,32,33). The van der Waals surface area contributed by atoms with E-state index in [2.05, 4.69) is 15.3 Å². The van der Waals surface area contributed by atoms with Gasteiger partial charge in [0.15, 0.2) is 0 Å². The third-order valence-corrected chi connectivity index (χ3v) is 9.18. The smallest absolute Gasteiger partial charge is 0.318 e. The van der Waals surface area contributed by atoms with Crippen LogP contribution >= 0.6 is 7.37 Å². The van der Waals surface area contributed by atoms with Gasteiger partial charge in [-0.05, 0) is 48.6 Å². The van der Waals surface area contributed by atoms with Crippen molar-refractivity contribution in [2.24, 2.45) is 4.99 Å². The molecule has 0 saturated carbocycles. The summed E-state index contributed by atoms with van der Waals surface area (Å²) in [6.07, 6.45) is 10.1. The number of carbonyl (C=O) groups excluding carboxylic acids is 2. The second-order valence-corrected chi connectivity index (χ2v) is 11.5. The lowest BCUT2D eigenvalue weighted by Crippen LogP contribution is -2.40. The maximum absolute atomic E-state index is 13.2. The molecule has 182 valence electrons. The van der Waals surface area contributed by atoms with Gasteiger partial charge in [-0.25, -0.2) is 4.79 Å². The number of amides is 3. The first kappa shape index (κ1) is 24.4. The quantitative estimate of drug-likeness (QED) is 0.601. The lowest BCUT2D eigenvalue weighted by Gasteiger charge is -2.34. The van der Waals surface area contributed by atoms with E-state index < -0.39 is 7.37 Å². The fraction of sp³-hybridized carbons (Fsp3) is 0.500. The van der Waals surface area contributed by atoms with E-state index in [9.17, 15) is 19.0 Å². The fourth-order valence-corrected chi connectivity index (χ4v) is 6.47. The second kappa shape index (κ2) is 10.7. The third kappa shape index (κ3) is 5.47. The largest absolute Gasteiger partial charge is 0.343 e. The molecule has 10 heteroatoms. The molecular formula is C24H32N5O4P. The zero-order valence-corrected chi connectivity index (χ0v) is 20.4. The van der Waals surface area contributed by atoms with Crippen LogP contribution in [0, 0.1) is 0 Å². The summed E-state index contributed by atoms with van der Waals surface area (Å²) in [5, 5.41) is 3.21. The summed E-state index contributed by atoms with van der Waals surface area (Å²) in [5.41, 5.74) is 2.59. The van der Waals surface area contributed by atoms with Gasteiger partial charge in [0, 0.05) is 63.3 Å². The molecule has 0 aliphatic carbocycles. The summed E-state index contributed by atoms with van der Waals surface area (Å²) >= 11 is 0. The number of likely N-dealkylation sites (tertiary alicyclic amines) is 1. The van der Waals surface area contributed by atoms with E-state index in [0.717, 1.165) is 18.4 Å². The van der Waals surface area contributed by atoms with Crippen molar-refractivity contribution in [2.45, 2.75) is 51.2 Å². The van der Waals surface area contributed by atoms with E-state index in [-0.39, 0.29) is 24.1 Å². The van der Waals surface area contributed by atoms with Crippen LogP contribution in [0.25, 0.3) is 0 Å². The molecule has 4 rings (SSSR count). The molecule has 1 aromatic heterocycles. The minimum atomic E-state index is -3.60. The highest BCUT2D eigenvalue weighted by molar-refractivity contribution is 7.66. The molecule has 3 amide bonds. The Hall–Kier alpha value is -2.77. The van der Waals surface area contributed by atoms with Crippen molar-refractivity contribution in [2.75, 3.05) is 26.2 Å². The van der Waals surface area contributed by atoms with Gasteiger partial charge in [0.1, 0.15) is 0 Å². The number of nitrogens with one attached hydrogen (secondary N) is 1. The lowest BCUT2D eigenvalue weighted by atomic mass is 10.1. The van der Waals surface area contributed by atoms with Gasteiger partial charge < -0.3 is 20.0 Å². The number of aromatic nitrogens is 1. The molecule has 2 N–H and O–H groups in total. The zero-order chi connectivity index (χ0) is 24.1. The van der Waals surface area contributed by atoms with Gasteiger partial charge in [0.2, 0.25) is 13.3 Å². The molecule has 1 atom stereocenters. The highest BCUT2D eigenvalue weighted by atomic mass is 31.2. The predicted molar refractivity (Wildman–Crippen MR) is 131 cm³/mol. The Bertz CT molecular complexity index is 1060. The van der Waals surface area contributed by atoms with Crippen molar-refractivity contribution in [3.8, 4) is 0 Å². The van der Waals surface area contributed by atoms with Gasteiger partial charge in [-0.3, -0.25) is 19.3 Å². The van der Waals surface area contributed by atoms with Crippen LogP contribution in [0.3, 0.4) is 0 Å². The highest BCUT2D eigenvalue weighted by Crippen LogP contribution is 2.49. The second-order valence-electron chi connectivity index (χ2n) is 8.99. The molecule has 0 radical (unpaired) electrons. The SMILES string of the molecule is CCCC(=O)N1CCC(P(=O)(O)c2ccc(CNC(=O)N3CC4=C(CC=NC=C4)C3)nc2)CC1. The Morgan fingerprint density at radius 1 is 1.21 bits per heavy atom. The number of urea groups is 1. The van der Waals surface area contributed by atoms with Gasteiger partial charge in [-0.2, -0.15) is 0 Å². The number of hydrogen-bond donors (Lipinski definition) is 2. The van der Waals surface area contributed by atoms with Crippen molar-refractivity contribution in [3.63, 3.8) is 0 Å². The average molecular weight is 486 g/mol. The summed E-state index contributed by atoms with van der Waals surface area (Å²) in [4.78, 5) is 47.5. The van der Waals surface area contributed by atoms with Gasteiger partial charge in [0.05, 0.1) is 17.5 Å². The van der Waals surface area contributed by atoms with Crippen LogP contribution in [0.1, 0.15) is 44.7 Å². The van der Waals surface area contributed by atoms with E-state index >= 15 is 0 Å². The molecule has 1 aromatic rings. The highest BCUT2D eigenvalue weighted by Gasteiger charge is 2.36. The maximum Gasteiger partial charge on any atom is 0.318 e. The summed E-state index contributed by atoms with van der Waals surface area (Å²) in [7, 11) is -3.60. The average Bonchev–Trinajstić information content (AvgIpc) is 3.13. The van der Waals surface area contributed by atoms with E-state index in [4.69, 9.17) is 0 Å². The van der Waals surface area contributed by atoms with Gasteiger partial charge in [-0.15, -0.1) is 0 Å². The summed E-state index contributed by atoms with van der Waals surface area (Å²) in [5.74, 6) is 0.118. The molecular weight excluding hydrogens is 453 g/mol. The van der Waals surface area contributed by atoms with Crippen LogP contribution < -0.4 is 10.6 Å². The van der Waals surface area contributed by atoms with Gasteiger partial charge in [-0.1, -0.05) is 6.92 Å². The number of carbonyl (C=O) groups is 2. The van der Waals surface area contributed by atoms with Gasteiger partial charge >= 0.3 is 6.03 Å².